The summed E-state index contributed by atoms with van der Waals surface area (Å²) < 4.78 is 49.9. The molecule has 0 saturated carbocycles. The molecule has 1 atom stereocenters. The second kappa shape index (κ2) is 9.11. The van der Waals surface area contributed by atoms with Gasteiger partial charge in [-0.25, -0.2) is 15.0 Å². The van der Waals surface area contributed by atoms with Gasteiger partial charge >= 0.3 is 0 Å². The third-order valence-corrected chi connectivity index (χ3v) is 6.46. The van der Waals surface area contributed by atoms with Crippen molar-refractivity contribution in [2.75, 3.05) is 0 Å². The first-order chi connectivity index (χ1) is 18.4. The van der Waals surface area contributed by atoms with Gasteiger partial charge in [-0.2, -0.15) is 13.2 Å². The van der Waals surface area contributed by atoms with Gasteiger partial charge in [0.15, 0.2) is 5.75 Å². The summed E-state index contributed by atoms with van der Waals surface area (Å²) in [5.74, 6) is -2.84. The van der Waals surface area contributed by atoms with Gasteiger partial charge in [0.25, 0.3) is 5.95 Å². The Balaban J connectivity index is 1.63. The number of halogens is 3. The summed E-state index contributed by atoms with van der Waals surface area (Å²) in [5.41, 5.74) is 9.32. The maximum Gasteiger partial charge on any atom is 0.256 e. The van der Waals surface area contributed by atoms with E-state index in [1.165, 1.54) is 18.5 Å². The van der Waals surface area contributed by atoms with Gasteiger partial charge in [-0.15, -0.1) is 0 Å². The molecular formula is C29H18F3N5O. The Morgan fingerprint density at radius 1 is 0.789 bits per heavy atom. The molecule has 3 aromatic heterocycles. The highest BCUT2D eigenvalue weighted by Crippen LogP contribution is 2.50. The molecule has 0 fully saturated rings. The number of nitrogens with one attached hydrogen (secondary N) is 1. The molecule has 1 unspecified atom stereocenters. The first-order valence-electron chi connectivity index (χ1n) is 11.6. The molecule has 1 aliphatic rings. The van der Waals surface area contributed by atoms with Crippen LogP contribution in [0.2, 0.25) is 0 Å². The molecule has 186 valence electrons. The lowest BCUT2D eigenvalue weighted by Crippen LogP contribution is -2.20. The van der Waals surface area contributed by atoms with Crippen molar-refractivity contribution in [3.05, 3.63) is 125 Å². The number of pyridine rings is 3. The number of rotatable bonds is 4. The molecule has 0 radical (unpaired) electrons. The van der Waals surface area contributed by atoms with Crippen LogP contribution in [0, 0.1) is 23.3 Å². The lowest BCUT2D eigenvalue weighted by molar-refractivity contribution is 0.406. The molecule has 38 heavy (non-hydrogen) atoms. The number of ether oxygens (including phenoxy) is 1. The van der Waals surface area contributed by atoms with Crippen molar-refractivity contribution in [3.63, 3.8) is 0 Å². The number of nitrogen functional groups attached to an aromatic ring is 1. The van der Waals surface area contributed by atoms with Gasteiger partial charge in [0.1, 0.15) is 11.6 Å². The van der Waals surface area contributed by atoms with E-state index in [9.17, 15) is 8.78 Å². The lowest BCUT2D eigenvalue weighted by Gasteiger charge is -2.30. The standard InChI is InChI=1S/C29H18F3N5O/c30-24-13-16(9-11-35-24)22-14-21-25(18-4-1-2-5-19(18)29(33)34)20-12-15(17-6-3-10-36-27(17)31)7-8-23(20)38-26(21)28(32)37-22/h1-14,25H,(H3,33,34). The predicted octanol–water partition coefficient (Wildman–Crippen LogP) is 6.19. The Hall–Kier alpha value is -5.05. The zero-order valence-corrected chi connectivity index (χ0v) is 19.6. The van der Waals surface area contributed by atoms with Gasteiger partial charge in [-0.05, 0) is 47.5 Å². The molecule has 6 rings (SSSR count). The molecule has 9 heteroatoms. The molecular weight excluding hydrogens is 491 g/mol. The molecule has 0 aliphatic carbocycles. The van der Waals surface area contributed by atoms with Crippen LogP contribution in [0.4, 0.5) is 13.2 Å². The number of fused-ring (bicyclic) bond motifs is 2. The van der Waals surface area contributed by atoms with Crippen molar-refractivity contribution in [2.45, 2.75) is 5.92 Å². The number of aromatic nitrogens is 3. The number of hydrogen-bond donors (Lipinski definition) is 2. The summed E-state index contributed by atoms with van der Waals surface area (Å²) in [7, 11) is 0. The van der Waals surface area contributed by atoms with Gasteiger partial charge < -0.3 is 10.5 Å². The zero-order valence-electron chi connectivity index (χ0n) is 19.6. The zero-order chi connectivity index (χ0) is 26.4. The van der Waals surface area contributed by atoms with Crippen molar-refractivity contribution in [1.82, 2.24) is 15.0 Å². The van der Waals surface area contributed by atoms with Crippen LogP contribution >= 0.6 is 0 Å². The fourth-order valence-corrected chi connectivity index (χ4v) is 4.79. The quantitative estimate of drug-likeness (QED) is 0.168. The fraction of sp³-hybridized carbons (Fsp3) is 0.0345. The highest BCUT2D eigenvalue weighted by atomic mass is 19.1. The fourth-order valence-electron chi connectivity index (χ4n) is 4.79. The first kappa shape index (κ1) is 23.4. The van der Waals surface area contributed by atoms with E-state index in [4.69, 9.17) is 15.9 Å². The van der Waals surface area contributed by atoms with Crippen LogP contribution in [0.1, 0.15) is 28.2 Å². The molecule has 0 spiro atoms. The number of nitrogens with zero attached hydrogens (tertiary/aromatic N) is 3. The number of hydrogen-bond acceptors (Lipinski definition) is 5. The van der Waals surface area contributed by atoms with Crippen molar-refractivity contribution in [2.24, 2.45) is 5.73 Å². The van der Waals surface area contributed by atoms with E-state index in [0.717, 1.165) is 6.07 Å². The molecule has 0 amide bonds. The molecule has 5 aromatic rings. The van der Waals surface area contributed by atoms with Crippen molar-refractivity contribution >= 4 is 5.84 Å². The van der Waals surface area contributed by atoms with Crippen molar-refractivity contribution < 1.29 is 17.9 Å². The Kier molecular flexibility index (Phi) is 5.60. The van der Waals surface area contributed by atoms with E-state index in [2.05, 4.69) is 15.0 Å². The molecule has 2 aromatic carbocycles. The van der Waals surface area contributed by atoms with Gasteiger partial charge in [0, 0.05) is 52.2 Å². The van der Waals surface area contributed by atoms with E-state index < -0.39 is 23.8 Å². The van der Waals surface area contributed by atoms with Crippen LogP contribution in [0.3, 0.4) is 0 Å². The highest BCUT2D eigenvalue weighted by molar-refractivity contribution is 5.97. The summed E-state index contributed by atoms with van der Waals surface area (Å²) in [5, 5.41) is 8.16. The highest BCUT2D eigenvalue weighted by Gasteiger charge is 2.34. The van der Waals surface area contributed by atoms with E-state index >= 15 is 4.39 Å². The van der Waals surface area contributed by atoms with Crippen LogP contribution in [0.25, 0.3) is 22.4 Å². The van der Waals surface area contributed by atoms with Crippen LogP contribution in [-0.4, -0.2) is 20.8 Å². The molecule has 0 bridgehead atoms. The molecule has 4 heterocycles. The number of nitrogens with two attached hydrogens (primary N) is 1. The van der Waals surface area contributed by atoms with Gasteiger partial charge in [0.2, 0.25) is 11.9 Å². The molecule has 3 N–H and O–H groups in total. The minimum atomic E-state index is -0.881. The normalized spacial score (nSPS) is 13.8. The van der Waals surface area contributed by atoms with Gasteiger partial charge in [-0.3, -0.25) is 5.41 Å². The van der Waals surface area contributed by atoms with Gasteiger partial charge in [0.05, 0.1) is 5.69 Å². The topological polar surface area (TPSA) is 97.8 Å². The Labute approximate surface area is 215 Å². The smallest absolute Gasteiger partial charge is 0.256 e. The Morgan fingerprint density at radius 2 is 1.63 bits per heavy atom. The summed E-state index contributed by atoms with van der Waals surface area (Å²) in [4.78, 5) is 11.3. The minimum absolute atomic E-state index is 0.0977. The summed E-state index contributed by atoms with van der Waals surface area (Å²) in [6.45, 7) is 0. The summed E-state index contributed by atoms with van der Waals surface area (Å²) in [6.07, 6.45) is 2.63. The first-order valence-corrected chi connectivity index (χ1v) is 11.6. The van der Waals surface area contributed by atoms with Crippen LogP contribution in [0.5, 0.6) is 11.5 Å². The van der Waals surface area contributed by atoms with Crippen LogP contribution < -0.4 is 10.5 Å². The average molecular weight is 509 g/mol. The van der Waals surface area contributed by atoms with Crippen LogP contribution in [-0.2, 0) is 0 Å². The van der Waals surface area contributed by atoms with E-state index in [1.54, 1.807) is 60.7 Å². The molecule has 6 nitrogen and oxygen atoms in total. The predicted molar refractivity (Wildman–Crippen MR) is 135 cm³/mol. The Morgan fingerprint density at radius 3 is 2.42 bits per heavy atom. The monoisotopic (exact) mass is 509 g/mol. The van der Waals surface area contributed by atoms with Gasteiger partial charge in [-0.1, -0.05) is 30.3 Å². The molecule has 0 saturated heterocycles. The largest absolute Gasteiger partial charge is 0.452 e. The second-order valence-electron chi connectivity index (χ2n) is 8.71. The van der Waals surface area contributed by atoms with Crippen molar-refractivity contribution in [1.29, 1.82) is 5.41 Å². The second-order valence-corrected chi connectivity index (χ2v) is 8.71. The summed E-state index contributed by atoms with van der Waals surface area (Å²) >= 11 is 0. The number of amidine groups is 1. The van der Waals surface area contributed by atoms with Crippen molar-refractivity contribution in [3.8, 4) is 33.9 Å². The summed E-state index contributed by atoms with van der Waals surface area (Å²) in [6, 6.07) is 19.6. The lowest BCUT2D eigenvalue weighted by atomic mass is 9.79. The third kappa shape index (κ3) is 3.94. The number of benzene rings is 2. The van der Waals surface area contributed by atoms with E-state index in [1.807, 2.05) is 0 Å². The average Bonchev–Trinajstić information content (AvgIpc) is 2.92. The maximum absolute atomic E-state index is 15.5. The minimum Gasteiger partial charge on any atom is -0.452 e. The molecule has 1 aliphatic heterocycles. The van der Waals surface area contributed by atoms with E-state index in [-0.39, 0.29) is 22.8 Å². The SMILES string of the molecule is N=C(N)c1ccccc1C1c2cc(-c3cccnc3F)ccc2Oc2c1cc(-c1ccnc(F)c1)nc2F. The van der Waals surface area contributed by atoms with Crippen LogP contribution in [0.15, 0.2) is 85.2 Å². The van der Waals surface area contributed by atoms with E-state index in [0.29, 0.717) is 39.1 Å². The Bertz CT molecular complexity index is 1740. The third-order valence-electron chi connectivity index (χ3n) is 6.46. The maximum atomic E-state index is 15.5.